The minimum Gasteiger partial charge on any atom is -0.314 e. The van der Waals surface area contributed by atoms with E-state index in [1.165, 1.54) is 4.31 Å². The van der Waals surface area contributed by atoms with Gasteiger partial charge in [0, 0.05) is 45.3 Å². The van der Waals surface area contributed by atoms with E-state index in [-0.39, 0.29) is 0 Å². The van der Waals surface area contributed by atoms with E-state index in [1.54, 1.807) is 0 Å². The third-order valence-corrected chi connectivity index (χ3v) is 5.12. The summed E-state index contributed by atoms with van der Waals surface area (Å²) in [6.07, 6.45) is 1.07. The average Bonchev–Trinajstić information content (AvgIpc) is 2.38. The maximum absolute atomic E-state index is 12.0. The number of nitrogens with one attached hydrogen (secondary N) is 2. The fourth-order valence-corrected chi connectivity index (χ4v) is 3.05. The Balaban J connectivity index is 2.33. The number of likely N-dealkylation sites (N-methyl/N-ethyl adjacent to an activating group) is 1. The summed E-state index contributed by atoms with van der Waals surface area (Å²) in [5.74, 6) is 0. The summed E-state index contributed by atoms with van der Waals surface area (Å²) in [4.78, 5) is 2.17. The lowest BCUT2D eigenvalue weighted by Gasteiger charge is -2.28. The third kappa shape index (κ3) is 4.81. The molecule has 0 aromatic rings. The summed E-state index contributed by atoms with van der Waals surface area (Å²) in [7, 11) is -1.27. The average molecular weight is 278 g/mol. The highest BCUT2D eigenvalue weighted by Gasteiger charge is 2.23. The number of piperazine rings is 1. The second kappa shape index (κ2) is 7.40. The van der Waals surface area contributed by atoms with E-state index in [4.69, 9.17) is 0 Å². The van der Waals surface area contributed by atoms with Gasteiger partial charge in [0.2, 0.25) is 0 Å². The molecule has 1 atom stereocenters. The molecule has 1 saturated heterocycles. The minimum absolute atomic E-state index is 0.465. The summed E-state index contributed by atoms with van der Waals surface area (Å²) in [5, 5.41) is 3.14. The van der Waals surface area contributed by atoms with Crippen LogP contribution in [0.25, 0.3) is 0 Å². The Bertz CT molecular complexity index is 328. The second-order valence-electron chi connectivity index (χ2n) is 4.79. The van der Waals surface area contributed by atoms with Gasteiger partial charge in [0.15, 0.2) is 0 Å². The van der Waals surface area contributed by atoms with Gasteiger partial charge in [-0.1, -0.05) is 6.92 Å². The molecule has 0 aromatic carbocycles. The largest absolute Gasteiger partial charge is 0.314 e. The Kier molecular flexibility index (Phi) is 6.51. The van der Waals surface area contributed by atoms with Crippen LogP contribution in [0.4, 0.5) is 0 Å². The van der Waals surface area contributed by atoms with Crippen molar-refractivity contribution in [2.24, 2.45) is 0 Å². The molecule has 0 spiro atoms. The first kappa shape index (κ1) is 15.8. The molecule has 7 heteroatoms. The van der Waals surface area contributed by atoms with Crippen LogP contribution in [0.5, 0.6) is 0 Å². The number of hydrogen-bond acceptors (Lipinski definition) is 4. The van der Waals surface area contributed by atoms with E-state index >= 15 is 0 Å². The van der Waals surface area contributed by atoms with Gasteiger partial charge in [0.25, 0.3) is 10.2 Å². The zero-order chi connectivity index (χ0) is 13.6. The maximum atomic E-state index is 12.0. The topological polar surface area (TPSA) is 64.7 Å². The summed E-state index contributed by atoms with van der Waals surface area (Å²) >= 11 is 0. The van der Waals surface area contributed by atoms with E-state index in [0.717, 1.165) is 26.1 Å². The summed E-state index contributed by atoms with van der Waals surface area (Å²) < 4.78 is 28.1. The maximum Gasteiger partial charge on any atom is 0.279 e. The van der Waals surface area contributed by atoms with Crippen LogP contribution in [0, 0.1) is 0 Å². The normalized spacial score (nSPS) is 20.2. The lowest BCUT2D eigenvalue weighted by atomic mass is 10.2. The van der Waals surface area contributed by atoms with Gasteiger partial charge in [-0.15, -0.1) is 0 Å². The van der Waals surface area contributed by atoms with E-state index in [1.807, 2.05) is 7.05 Å². The number of nitrogens with zero attached hydrogens (tertiary/aromatic N) is 2. The van der Waals surface area contributed by atoms with Crippen LogP contribution in [0.1, 0.15) is 20.3 Å². The van der Waals surface area contributed by atoms with Gasteiger partial charge in [-0.25, -0.2) is 4.72 Å². The molecule has 1 aliphatic rings. The summed E-state index contributed by atoms with van der Waals surface area (Å²) in [5.41, 5.74) is 0. The standard InChI is InChI=1S/C11H26N4O2S/c1-4-11(2)14(3)8-7-13-18(16,17)15-9-5-12-6-10-15/h11-13H,4-10H2,1-3H3. The van der Waals surface area contributed by atoms with Gasteiger partial charge in [0.05, 0.1) is 0 Å². The fourth-order valence-electron chi connectivity index (χ4n) is 1.86. The SMILES string of the molecule is CCC(C)N(C)CCNS(=O)(=O)N1CCNCC1. The van der Waals surface area contributed by atoms with Gasteiger partial charge in [-0.2, -0.15) is 12.7 Å². The quantitative estimate of drug-likeness (QED) is 0.656. The smallest absolute Gasteiger partial charge is 0.279 e. The molecule has 0 aliphatic carbocycles. The molecule has 1 fully saturated rings. The Morgan fingerprint density at radius 1 is 1.39 bits per heavy atom. The Morgan fingerprint density at radius 2 is 2.00 bits per heavy atom. The first-order chi connectivity index (χ1) is 8.47. The Morgan fingerprint density at radius 3 is 2.56 bits per heavy atom. The van der Waals surface area contributed by atoms with Crippen LogP contribution in [0.15, 0.2) is 0 Å². The van der Waals surface area contributed by atoms with Crippen LogP contribution in [0.3, 0.4) is 0 Å². The van der Waals surface area contributed by atoms with E-state index in [2.05, 4.69) is 28.8 Å². The van der Waals surface area contributed by atoms with Crippen LogP contribution in [-0.2, 0) is 10.2 Å². The molecule has 108 valence electrons. The first-order valence-corrected chi connectivity index (χ1v) is 8.07. The molecule has 0 aromatic heterocycles. The second-order valence-corrected chi connectivity index (χ2v) is 6.54. The van der Waals surface area contributed by atoms with Crippen molar-refractivity contribution in [1.82, 2.24) is 19.2 Å². The van der Waals surface area contributed by atoms with Gasteiger partial charge >= 0.3 is 0 Å². The van der Waals surface area contributed by atoms with Crippen molar-refractivity contribution in [2.75, 3.05) is 46.3 Å². The van der Waals surface area contributed by atoms with Crippen LogP contribution < -0.4 is 10.0 Å². The lowest BCUT2D eigenvalue weighted by Crippen LogP contribution is -2.51. The zero-order valence-electron chi connectivity index (χ0n) is 11.6. The molecule has 1 heterocycles. The molecule has 0 saturated carbocycles. The molecular formula is C11H26N4O2S. The van der Waals surface area contributed by atoms with Crippen LogP contribution in [0.2, 0.25) is 0 Å². The highest BCUT2D eigenvalue weighted by Crippen LogP contribution is 2.01. The number of hydrogen-bond donors (Lipinski definition) is 2. The van der Waals surface area contributed by atoms with E-state index < -0.39 is 10.2 Å². The van der Waals surface area contributed by atoms with Crippen molar-refractivity contribution in [2.45, 2.75) is 26.3 Å². The first-order valence-electron chi connectivity index (χ1n) is 6.63. The molecule has 1 aliphatic heterocycles. The van der Waals surface area contributed by atoms with Gasteiger partial charge in [-0.3, -0.25) is 0 Å². The molecule has 1 rings (SSSR count). The minimum atomic E-state index is -3.29. The molecule has 18 heavy (non-hydrogen) atoms. The highest BCUT2D eigenvalue weighted by atomic mass is 32.2. The van der Waals surface area contributed by atoms with Crippen molar-refractivity contribution in [3.8, 4) is 0 Å². The summed E-state index contributed by atoms with van der Waals surface area (Å²) in [6.45, 7) is 8.04. The third-order valence-electron chi connectivity index (χ3n) is 3.51. The fraction of sp³-hybridized carbons (Fsp3) is 1.00. The number of rotatable bonds is 7. The molecular weight excluding hydrogens is 252 g/mol. The van der Waals surface area contributed by atoms with Crippen molar-refractivity contribution in [3.05, 3.63) is 0 Å². The predicted molar refractivity (Wildman–Crippen MR) is 73.7 cm³/mol. The van der Waals surface area contributed by atoms with Crippen molar-refractivity contribution < 1.29 is 8.42 Å². The highest BCUT2D eigenvalue weighted by molar-refractivity contribution is 7.87. The lowest BCUT2D eigenvalue weighted by molar-refractivity contribution is 0.255. The Hall–Kier alpha value is -0.210. The molecule has 0 amide bonds. The van der Waals surface area contributed by atoms with Crippen LogP contribution in [-0.4, -0.2) is 70.0 Å². The predicted octanol–water partition coefficient (Wildman–Crippen LogP) is -0.544. The molecule has 0 radical (unpaired) electrons. The van der Waals surface area contributed by atoms with Gasteiger partial charge in [-0.05, 0) is 20.4 Å². The molecule has 0 bridgehead atoms. The molecule has 2 N–H and O–H groups in total. The van der Waals surface area contributed by atoms with Crippen LogP contribution >= 0.6 is 0 Å². The van der Waals surface area contributed by atoms with Gasteiger partial charge in [0.1, 0.15) is 0 Å². The zero-order valence-corrected chi connectivity index (χ0v) is 12.5. The van der Waals surface area contributed by atoms with E-state index in [0.29, 0.717) is 25.7 Å². The summed E-state index contributed by atoms with van der Waals surface area (Å²) in [6, 6.07) is 0.480. The van der Waals surface area contributed by atoms with Crippen molar-refractivity contribution >= 4 is 10.2 Å². The Labute approximate surface area is 111 Å². The van der Waals surface area contributed by atoms with Gasteiger partial charge < -0.3 is 10.2 Å². The van der Waals surface area contributed by atoms with E-state index in [9.17, 15) is 8.42 Å². The molecule has 6 nitrogen and oxygen atoms in total. The van der Waals surface area contributed by atoms with Crippen molar-refractivity contribution in [1.29, 1.82) is 0 Å². The van der Waals surface area contributed by atoms with Crippen molar-refractivity contribution in [3.63, 3.8) is 0 Å². The molecule has 1 unspecified atom stereocenters. The monoisotopic (exact) mass is 278 g/mol.